The first kappa shape index (κ1) is 14.4. The van der Waals surface area contributed by atoms with Gasteiger partial charge in [-0.25, -0.2) is 0 Å². The Labute approximate surface area is 141 Å². The first-order chi connectivity index (χ1) is 11.9. The Hall–Kier alpha value is -3.19. The van der Waals surface area contributed by atoms with Crippen LogP contribution in [0.1, 0.15) is 5.56 Å². The van der Waals surface area contributed by atoms with Gasteiger partial charge >= 0.3 is 0 Å². The van der Waals surface area contributed by atoms with Crippen LogP contribution >= 0.6 is 0 Å². The highest BCUT2D eigenvalue weighted by atomic mass is 16.1. The molecule has 0 saturated heterocycles. The van der Waals surface area contributed by atoms with Crippen molar-refractivity contribution >= 4 is 17.1 Å². The average molecular weight is 307 g/mol. The van der Waals surface area contributed by atoms with Gasteiger partial charge in [-0.05, 0) is 45.2 Å². The molecular formula is C23H15O. The summed E-state index contributed by atoms with van der Waals surface area (Å²) in [6.07, 6.45) is 2.09. The summed E-state index contributed by atoms with van der Waals surface area (Å²) in [5.74, 6) is 0. The average Bonchev–Trinajstić information content (AvgIpc) is 2.68. The molecular weight excluding hydrogens is 292 g/mol. The first-order valence-electron chi connectivity index (χ1n) is 7.92. The van der Waals surface area contributed by atoms with Crippen LogP contribution in [-0.2, 0) is 4.79 Å². The molecule has 0 atom stereocenters. The first-order valence-corrected chi connectivity index (χ1v) is 7.92. The van der Waals surface area contributed by atoms with E-state index in [0.717, 1.165) is 33.0 Å². The Morgan fingerprint density at radius 2 is 1.33 bits per heavy atom. The van der Waals surface area contributed by atoms with E-state index < -0.39 is 0 Å². The third kappa shape index (κ3) is 2.50. The molecule has 0 amide bonds. The summed E-state index contributed by atoms with van der Waals surface area (Å²) in [7, 11) is 0. The molecule has 0 aromatic heterocycles. The van der Waals surface area contributed by atoms with Gasteiger partial charge in [0.15, 0.2) is 0 Å². The molecule has 0 fully saturated rings. The molecule has 4 rings (SSSR count). The summed E-state index contributed by atoms with van der Waals surface area (Å²) in [4.78, 5) is 11.5. The molecule has 1 nitrogen and oxygen atoms in total. The van der Waals surface area contributed by atoms with Crippen LogP contribution in [0.2, 0.25) is 0 Å². The lowest BCUT2D eigenvalue weighted by atomic mass is 9.92. The molecule has 0 N–H and O–H groups in total. The van der Waals surface area contributed by atoms with Gasteiger partial charge in [0.25, 0.3) is 0 Å². The van der Waals surface area contributed by atoms with E-state index in [1.165, 1.54) is 0 Å². The van der Waals surface area contributed by atoms with Crippen molar-refractivity contribution in [1.29, 1.82) is 0 Å². The smallest absolute Gasteiger partial charge is 0.234 e. The predicted molar refractivity (Wildman–Crippen MR) is 99.6 cm³/mol. The minimum Gasteiger partial charge on any atom is -0.285 e. The summed E-state index contributed by atoms with van der Waals surface area (Å²) >= 11 is 0. The van der Waals surface area contributed by atoms with Gasteiger partial charge in [-0.15, -0.1) is 0 Å². The zero-order chi connectivity index (χ0) is 16.4. The van der Waals surface area contributed by atoms with Gasteiger partial charge in [0.05, 0.1) is 0 Å². The molecule has 0 saturated carbocycles. The Balaban J connectivity index is 1.98. The predicted octanol–water partition coefficient (Wildman–Crippen LogP) is 5.63. The highest BCUT2D eigenvalue weighted by molar-refractivity contribution is 6.01. The highest BCUT2D eigenvalue weighted by Gasteiger charge is 2.10. The number of fused-ring (bicyclic) bond motifs is 1. The lowest BCUT2D eigenvalue weighted by Gasteiger charge is -2.11. The molecule has 0 aliphatic heterocycles. The van der Waals surface area contributed by atoms with Gasteiger partial charge in [-0.3, -0.25) is 4.79 Å². The highest BCUT2D eigenvalue weighted by Crippen LogP contribution is 2.33. The molecule has 0 spiro atoms. The Kier molecular flexibility index (Phi) is 3.68. The van der Waals surface area contributed by atoms with Crippen molar-refractivity contribution in [1.82, 2.24) is 0 Å². The van der Waals surface area contributed by atoms with Crippen molar-refractivity contribution in [3.8, 4) is 22.3 Å². The molecule has 4 aromatic rings. The van der Waals surface area contributed by atoms with E-state index in [1.807, 2.05) is 48.5 Å². The fourth-order valence-electron chi connectivity index (χ4n) is 3.13. The molecule has 113 valence electrons. The lowest BCUT2D eigenvalue weighted by molar-refractivity contribution is 0.563. The quantitative estimate of drug-likeness (QED) is 0.479. The van der Waals surface area contributed by atoms with Gasteiger partial charge in [-0.1, -0.05) is 78.9 Å². The third-order valence-electron chi connectivity index (χ3n) is 4.32. The SMILES string of the molecule is O=[C]c1ccc(-c2ccccc2)cc1-c1cccc2ccccc12. The summed E-state index contributed by atoms with van der Waals surface area (Å²) < 4.78 is 0. The standard InChI is InChI=1S/C23H15O/c24-16-20-14-13-19(17-7-2-1-3-8-17)15-23(20)22-12-6-10-18-9-4-5-11-21(18)22/h1-15H. The monoisotopic (exact) mass is 307 g/mol. The van der Waals surface area contributed by atoms with Gasteiger partial charge < -0.3 is 0 Å². The summed E-state index contributed by atoms with van der Waals surface area (Å²) in [6, 6.07) is 30.5. The second kappa shape index (κ2) is 6.13. The van der Waals surface area contributed by atoms with E-state index >= 15 is 0 Å². The van der Waals surface area contributed by atoms with Crippen LogP contribution in [-0.4, -0.2) is 6.29 Å². The Bertz CT molecular complexity index is 1010. The van der Waals surface area contributed by atoms with E-state index in [4.69, 9.17) is 0 Å². The topological polar surface area (TPSA) is 17.1 Å². The number of hydrogen-bond acceptors (Lipinski definition) is 1. The zero-order valence-electron chi connectivity index (χ0n) is 13.1. The molecule has 0 aliphatic carbocycles. The van der Waals surface area contributed by atoms with Crippen LogP contribution in [0.3, 0.4) is 0 Å². The molecule has 0 aliphatic rings. The van der Waals surface area contributed by atoms with Crippen LogP contribution < -0.4 is 0 Å². The molecule has 1 radical (unpaired) electrons. The number of hydrogen-bond donors (Lipinski definition) is 0. The summed E-state index contributed by atoms with van der Waals surface area (Å²) in [6.45, 7) is 0. The van der Waals surface area contributed by atoms with E-state index in [-0.39, 0.29) is 0 Å². The summed E-state index contributed by atoms with van der Waals surface area (Å²) in [5.41, 5.74) is 4.80. The van der Waals surface area contributed by atoms with Crippen LogP contribution in [0.4, 0.5) is 0 Å². The molecule has 1 heteroatoms. The molecule has 24 heavy (non-hydrogen) atoms. The molecule has 0 unspecified atom stereocenters. The maximum absolute atomic E-state index is 11.5. The van der Waals surface area contributed by atoms with E-state index in [9.17, 15) is 4.79 Å². The van der Waals surface area contributed by atoms with E-state index in [1.54, 1.807) is 0 Å². The second-order valence-electron chi connectivity index (χ2n) is 5.76. The fraction of sp³-hybridized carbons (Fsp3) is 0. The normalized spacial score (nSPS) is 10.7. The van der Waals surface area contributed by atoms with Gasteiger partial charge in [-0.2, -0.15) is 0 Å². The lowest BCUT2D eigenvalue weighted by Crippen LogP contribution is -1.91. The molecule has 4 aromatic carbocycles. The Morgan fingerprint density at radius 1 is 0.583 bits per heavy atom. The minimum atomic E-state index is 0.589. The van der Waals surface area contributed by atoms with E-state index in [0.29, 0.717) is 5.56 Å². The number of benzene rings is 4. The van der Waals surface area contributed by atoms with Gasteiger partial charge in [0.2, 0.25) is 6.29 Å². The summed E-state index contributed by atoms with van der Waals surface area (Å²) in [5, 5.41) is 2.30. The second-order valence-corrected chi connectivity index (χ2v) is 5.76. The van der Waals surface area contributed by atoms with Crippen LogP contribution in [0.25, 0.3) is 33.0 Å². The largest absolute Gasteiger partial charge is 0.285 e. The fourth-order valence-corrected chi connectivity index (χ4v) is 3.13. The van der Waals surface area contributed by atoms with Crippen molar-refractivity contribution in [2.75, 3.05) is 0 Å². The number of carbonyl (C=O) groups excluding carboxylic acids is 1. The Morgan fingerprint density at radius 3 is 2.17 bits per heavy atom. The van der Waals surface area contributed by atoms with Crippen molar-refractivity contribution in [3.05, 3.63) is 96.6 Å². The molecule has 0 bridgehead atoms. The van der Waals surface area contributed by atoms with Gasteiger partial charge in [0.1, 0.15) is 0 Å². The van der Waals surface area contributed by atoms with Crippen molar-refractivity contribution < 1.29 is 4.79 Å². The van der Waals surface area contributed by atoms with Crippen molar-refractivity contribution in [2.24, 2.45) is 0 Å². The van der Waals surface area contributed by atoms with Crippen molar-refractivity contribution in [3.63, 3.8) is 0 Å². The van der Waals surface area contributed by atoms with Crippen LogP contribution in [0.5, 0.6) is 0 Å². The van der Waals surface area contributed by atoms with Gasteiger partial charge in [0, 0.05) is 5.56 Å². The van der Waals surface area contributed by atoms with Crippen molar-refractivity contribution in [2.45, 2.75) is 0 Å². The van der Waals surface area contributed by atoms with Crippen LogP contribution in [0, 0.1) is 0 Å². The minimum absolute atomic E-state index is 0.589. The maximum atomic E-state index is 11.5. The van der Waals surface area contributed by atoms with E-state index in [2.05, 4.69) is 48.8 Å². The third-order valence-corrected chi connectivity index (χ3v) is 4.32. The maximum Gasteiger partial charge on any atom is 0.234 e. The zero-order valence-corrected chi connectivity index (χ0v) is 13.1. The van der Waals surface area contributed by atoms with Crippen LogP contribution in [0.15, 0.2) is 91.0 Å². The number of rotatable bonds is 3. The molecule has 0 heterocycles.